The molecule has 1 saturated heterocycles. The molecule has 4 heteroatoms. The predicted molar refractivity (Wildman–Crippen MR) is 115 cm³/mol. The molecule has 1 unspecified atom stereocenters. The Balaban J connectivity index is 1.74. The van der Waals surface area contributed by atoms with Crippen molar-refractivity contribution in [2.45, 2.75) is 31.7 Å². The van der Waals surface area contributed by atoms with Crippen LogP contribution in [0.2, 0.25) is 0 Å². The average Bonchev–Trinajstić information content (AvgIpc) is 2.73. The maximum Gasteiger partial charge on any atom is 0.157 e. The molecule has 0 N–H and O–H groups in total. The van der Waals surface area contributed by atoms with E-state index in [0.717, 1.165) is 44.7 Å². The van der Waals surface area contributed by atoms with Crippen LogP contribution >= 0.6 is 0 Å². The zero-order chi connectivity index (χ0) is 20.0. The van der Waals surface area contributed by atoms with Gasteiger partial charge in [-0.2, -0.15) is 0 Å². The summed E-state index contributed by atoms with van der Waals surface area (Å²) in [6.45, 7) is 5.52. The molecule has 0 saturated carbocycles. The van der Waals surface area contributed by atoms with E-state index in [9.17, 15) is 4.79 Å². The standard InChI is InChI=1S/C24H32N2O2/c1-4-24(25(2)3,19-21-8-6-5-7-9-21)23(27)18-20-10-12-22(13-11-20)26-14-16-28-17-15-26/h5-13H,4,14-19H2,1-3H3. The first kappa shape index (κ1) is 20.6. The Morgan fingerprint density at radius 3 is 2.21 bits per heavy atom. The van der Waals surface area contributed by atoms with Gasteiger partial charge in [0, 0.05) is 25.2 Å². The number of Topliss-reactive ketones (excluding diaryl/α,β-unsaturated/α-hetero) is 1. The van der Waals surface area contributed by atoms with Crippen molar-refractivity contribution in [3.8, 4) is 0 Å². The highest BCUT2D eigenvalue weighted by Crippen LogP contribution is 2.26. The molecule has 0 spiro atoms. The van der Waals surface area contributed by atoms with E-state index in [2.05, 4.69) is 53.1 Å². The molecule has 0 bridgehead atoms. The van der Waals surface area contributed by atoms with E-state index in [0.29, 0.717) is 6.42 Å². The predicted octanol–water partition coefficient (Wildman–Crippen LogP) is 3.59. The molecule has 1 atom stereocenters. The van der Waals surface area contributed by atoms with Crippen LogP contribution in [0.1, 0.15) is 24.5 Å². The summed E-state index contributed by atoms with van der Waals surface area (Å²) >= 11 is 0. The van der Waals surface area contributed by atoms with Crippen molar-refractivity contribution in [2.24, 2.45) is 0 Å². The van der Waals surface area contributed by atoms with Gasteiger partial charge in [-0.05, 0) is 50.2 Å². The van der Waals surface area contributed by atoms with Gasteiger partial charge in [-0.1, -0.05) is 49.4 Å². The third kappa shape index (κ3) is 4.62. The number of hydrogen-bond donors (Lipinski definition) is 0. The summed E-state index contributed by atoms with van der Waals surface area (Å²) in [7, 11) is 4.04. The van der Waals surface area contributed by atoms with Gasteiger partial charge in [0.1, 0.15) is 0 Å². The number of benzene rings is 2. The summed E-state index contributed by atoms with van der Waals surface area (Å²) in [6.07, 6.45) is 1.99. The minimum atomic E-state index is -0.482. The fourth-order valence-electron chi connectivity index (χ4n) is 4.07. The molecule has 0 amide bonds. The van der Waals surface area contributed by atoms with Gasteiger partial charge >= 0.3 is 0 Å². The van der Waals surface area contributed by atoms with Crippen molar-refractivity contribution in [3.63, 3.8) is 0 Å². The summed E-state index contributed by atoms with van der Waals surface area (Å²) < 4.78 is 5.43. The second kappa shape index (κ2) is 9.35. The molecule has 0 aliphatic carbocycles. The van der Waals surface area contributed by atoms with Crippen LogP contribution in [0, 0.1) is 0 Å². The lowest BCUT2D eigenvalue weighted by atomic mass is 9.80. The van der Waals surface area contributed by atoms with Crippen LogP contribution in [0.5, 0.6) is 0 Å². The summed E-state index contributed by atoms with van der Waals surface area (Å²) in [6, 6.07) is 18.8. The number of carbonyl (C=O) groups is 1. The summed E-state index contributed by atoms with van der Waals surface area (Å²) in [5, 5.41) is 0. The first-order valence-electron chi connectivity index (χ1n) is 10.2. The zero-order valence-corrected chi connectivity index (χ0v) is 17.4. The molecule has 2 aromatic carbocycles. The Kier molecular flexibility index (Phi) is 6.87. The highest BCUT2D eigenvalue weighted by Gasteiger charge is 2.38. The van der Waals surface area contributed by atoms with E-state index < -0.39 is 5.54 Å². The van der Waals surface area contributed by atoms with E-state index in [1.165, 1.54) is 11.3 Å². The molecule has 4 nitrogen and oxygen atoms in total. The lowest BCUT2D eigenvalue weighted by Crippen LogP contribution is -2.53. The van der Waals surface area contributed by atoms with Crippen LogP contribution in [-0.2, 0) is 22.4 Å². The van der Waals surface area contributed by atoms with Gasteiger partial charge < -0.3 is 9.64 Å². The first-order chi connectivity index (χ1) is 13.5. The Morgan fingerprint density at radius 2 is 1.64 bits per heavy atom. The van der Waals surface area contributed by atoms with Gasteiger partial charge in [-0.3, -0.25) is 9.69 Å². The maximum atomic E-state index is 13.4. The topological polar surface area (TPSA) is 32.8 Å². The molecule has 1 fully saturated rings. The second-order valence-corrected chi connectivity index (χ2v) is 7.81. The number of anilines is 1. The number of ether oxygens (including phenoxy) is 1. The SMILES string of the molecule is CCC(Cc1ccccc1)(C(=O)Cc1ccc(N2CCOCC2)cc1)N(C)C. The highest BCUT2D eigenvalue weighted by atomic mass is 16.5. The average molecular weight is 381 g/mol. The van der Waals surface area contributed by atoms with Crippen molar-refractivity contribution in [2.75, 3.05) is 45.3 Å². The summed E-state index contributed by atoms with van der Waals surface area (Å²) in [5.74, 6) is 0.281. The van der Waals surface area contributed by atoms with Crippen LogP contribution in [-0.4, -0.2) is 56.6 Å². The molecule has 0 aromatic heterocycles. The van der Waals surface area contributed by atoms with Crippen molar-refractivity contribution < 1.29 is 9.53 Å². The van der Waals surface area contributed by atoms with Gasteiger partial charge in [0.25, 0.3) is 0 Å². The summed E-state index contributed by atoms with van der Waals surface area (Å²) in [5.41, 5.74) is 3.01. The van der Waals surface area contributed by atoms with Crippen molar-refractivity contribution in [3.05, 3.63) is 65.7 Å². The molecule has 0 radical (unpaired) electrons. The first-order valence-corrected chi connectivity index (χ1v) is 10.2. The van der Waals surface area contributed by atoms with E-state index >= 15 is 0 Å². The van der Waals surface area contributed by atoms with E-state index in [1.54, 1.807) is 0 Å². The van der Waals surface area contributed by atoms with Gasteiger partial charge in [0.2, 0.25) is 0 Å². The number of carbonyl (C=O) groups excluding carboxylic acids is 1. The Labute approximate surface area is 169 Å². The van der Waals surface area contributed by atoms with Crippen LogP contribution in [0.4, 0.5) is 5.69 Å². The maximum absolute atomic E-state index is 13.4. The van der Waals surface area contributed by atoms with Crippen LogP contribution < -0.4 is 4.90 Å². The second-order valence-electron chi connectivity index (χ2n) is 7.81. The number of hydrogen-bond acceptors (Lipinski definition) is 4. The third-order valence-corrected chi connectivity index (χ3v) is 5.98. The van der Waals surface area contributed by atoms with Crippen LogP contribution in [0.3, 0.4) is 0 Å². The molecule has 1 aliphatic rings. The van der Waals surface area contributed by atoms with Crippen molar-refractivity contribution in [1.82, 2.24) is 4.90 Å². The van der Waals surface area contributed by atoms with Crippen molar-refractivity contribution >= 4 is 11.5 Å². The van der Waals surface area contributed by atoms with Gasteiger partial charge in [-0.15, -0.1) is 0 Å². The zero-order valence-electron chi connectivity index (χ0n) is 17.4. The molecule has 150 valence electrons. The van der Waals surface area contributed by atoms with Gasteiger partial charge in [0.15, 0.2) is 5.78 Å². The monoisotopic (exact) mass is 380 g/mol. The largest absolute Gasteiger partial charge is 0.378 e. The van der Waals surface area contributed by atoms with Gasteiger partial charge in [0.05, 0.1) is 18.8 Å². The number of nitrogens with zero attached hydrogens (tertiary/aromatic N) is 2. The Hall–Kier alpha value is -2.17. The molecule has 1 aliphatic heterocycles. The molecule has 2 aromatic rings. The smallest absolute Gasteiger partial charge is 0.157 e. The molecular weight excluding hydrogens is 348 g/mol. The third-order valence-electron chi connectivity index (χ3n) is 5.98. The number of likely N-dealkylation sites (N-methyl/N-ethyl adjacent to an activating group) is 1. The van der Waals surface area contributed by atoms with E-state index in [4.69, 9.17) is 4.74 Å². The van der Waals surface area contributed by atoms with Gasteiger partial charge in [-0.25, -0.2) is 0 Å². The Morgan fingerprint density at radius 1 is 1.00 bits per heavy atom. The summed E-state index contributed by atoms with van der Waals surface area (Å²) in [4.78, 5) is 17.9. The number of ketones is 1. The minimum Gasteiger partial charge on any atom is -0.378 e. The fourth-order valence-corrected chi connectivity index (χ4v) is 4.07. The fraction of sp³-hybridized carbons (Fsp3) is 0.458. The lowest BCUT2D eigenvalue weighted by molar-refractivity contribution is -0.129. The Bertz CT molecular complexity index is 752. The van der Waals surface area contributed by atoms with Crippen molar-refractivity contribution in [1.29, 1.82) is 0 Å². The normalized spacial score (nSPS) is 16.8. The number of rotatable bonds is 8. The molecule has 28 heavy (non-hydrogen) atoms. The minimum absolute atomic E-state index is 0.281. The van der Waals surface area contributed by atoms with E-state index in [1.807, 2.05) is 32.3 Å². The quantitative estimate of drug-likeness (QED) is 0.701. The number of morpholine rings is 1. The molecule has 1 heterocycles. The molecular formula is C24H32N2O2. The highest BCUT2D eigenvalue weighted by molar-refractivity contribution is 5.90. The lowest BCUT2D eigenvalue weighted by Gasteiger charge is -2.38. The van der Waals surface area contributed by atoms with Crippen LogP contribution in [0.15, 0.2) is 54.6 Å². The molecule has 3 rings (SSSR count). The van der Waals surface area contributed by atoms with Crippen LogP contribution in [0.25, 0.3) is 0 Å². The van der Waals surface area contributed by atoms with E-state index in [-0.39, 0.29) is 5.78 Å².